The number of rotatable bonds is 6. The molecule has 1 N–H and O–H groups in total. The lowest BCUT2D eigenvalue weighted by atomic mass is 10.2. The summed E-state index contributed by atoms with van der Waals surface area (Å²) in [4.78, 5) is 18.9. The standard InChI is InChI=1S/C20H23N3O2S/c1-23-15-7-3-2-6-14(15)22-19(23)9-4-12-21-20(24)18-11-10-17(26-18)16-8-5-13-25-16/h2-3,6-7,10-11,16H,4-5,8-9,12-13H2,1H3,(H,21,24). The molecule has 136 valence electrons. The number of carbonyl (C=O) groups is 1. The summed E-state index contributed by atoms with van der Waals surface area (Å²) in [7, 11) is 2.04. The molecule has 1 aromatic carbocycles. The van der Waals surface area contributed by atoms with E-state index in [1.54, 1.807) is 11.3 Å². The molecule has 0 aliphatic carbocycles. The van der Waals surface area contributed by atoms with Crippen molar-refractivity contribution < 1.29 is 9.53 Å². The Kier molecular flexibility index (Phi) is 5.04. The van der Waals surface area contributed by atoms with Crippen LogP contribution in [0.15, 0.2) is 36.4 Å². The third kappa shape index (κ3) is 3.52. The van der Waals surface area contributed by atoms with E-state index >= 15 is 0 Å². The van der Waals surface area contributed by atoms with Crippen LogP contribution in [-0.4, -0.2) is 28.6 Å². The van der Waals surface area contributed by atoms with Crippen LogP contribution in [0.3, 0.4) is 0 Å². The van der Waals surface area contributed by atoms with Crippen molar-refractivity contribution in [3.63, 3.8) is 0 Å². The molecule has 0 radical (unpaired) electrons. The second kappa shape index (κ2) is 7.60. The third-order valence-electron chi connectivity index (χ3n) is 4.84. The molecular weight excluding hydrogens is 346 g/mol. The van der Waals surface area contributed by atoms with Crippen LogP contribution >= 0.6 is 11.3 Å². The quantitative estimate of drug-likeness (QED) is 0.672. The summed E-state index contributed by atoms with van der Waals surface area (Å²) in [5.41, 5.74) is 2.17. The van der Waals surface area contributed by atoms with Gasteiger partial charge in [0, 0.05) is 31.5 Å². The van der Waals surface area contributed by atoms with Gasteiger partial charge in [0.05, 0.1) is 22.0 Å². The number of hydrogen-bond acceptors (Lipinski definition) is 4. The number of nitrogens with one attached hydrogen (secondary N) is 1. The Labute approximate surface area is 157 Å². The van der Waals surface area contributed by atoms with Crippen LogP contribution in [0.4, 0.5) is 0 Å². The van der Waals surface area contributed by atoms with Gasteiger partial charge in [0.15, 0.2) is 0 Å². The van der Waals surface area contributed by atoms with Crippen molar-refractivity contribution in [2.24, 2.45) is 7.05 Å². The molecule has 4 rings (SSSR count). The van der Waals surface area contributed by atoms with Crippen LogP contribution in [0.1, 0.15) is 45.7 Å². The van der Waals surface area contributed by atoms with Gasteiger partial charge in [-0.15, -0.1) is 11.3 Å². The molecule has 26 heavy (non-hydrogen) atoms. The lowest BCUT2D eigenvalue weighted by Gasteiger charge is -2.06. The van der Waals surface area contributed by atoms with E-state index in [4.69, 9.17) is 4.74 Å². The molecule has 0 saturated carbocycles. The first-order valence-electron chi connectivity index (χ1n) is 9.12. The number of aryl methyl sites for hydroxylation is 2. The molecular formula is C20H23N3O2S. The fourth-order valence-corrected chi connectivity index (χ4v) is 4.41. The molecule has 6 heteroatoms. The first kappa shape index (κ1) is 17.2. The molecule has 1 aliphatic rings. The number of carbonyl (C=O) groups excluding carboxylic acids is 1. The predicted octanol–water partition coefficient (Wildman–Crippen LogP) is 3.85. The van der Waals surface area contributed by atoms with Gasteiger partial charge in [0.2, 0.25) is 0 Å². The van der Waals surface area contributed by atoms with Crippen molar-refractivity contribution in [3.8, 4) is 0 Å². The molecule has 0 spiro atoms. The average Bonchev–Trinajstić information content (AvgIpc) is 3.39. The van der Waals surface area contributed by atoms with Gasteiger partial charge in [0.1, 0.15) is 5.82 Å². The van der Waals surface area contributed by atoms with Crippen molar-refractivity contribution in [3.05, 3.63) is 52.0 Å². The fraction of sp³-hybridized carbons (Fsp3) is 0.400. The summed E-state index contributed by atoms with van der Waals surface area (Å²) >= 11 is 1.54. The van der Waals surface area contributed by atoms with Crippen molar-refractivity contribution in [1.82, 2.24) is 14.9 Å². The highest BCUT2D eigenvalue weighted by atomic mass is 32.1. The molecule has 2 aromatic heterocycles. The normalized spacial score (nSPS) is 17.0. The number of amides is 1. The van der Waals surface area contributed by atoms with Crippen molar-refractivity contribution in [2.45, 2.75) is 31.8 Å². The average molecular weight is 369 g/mol. The lowest BCUT2D eigenvalue weighted by Crippen LogP contribution is -2.24. The Morgan fingerprint density at radius 3 is 3.04 bits per heavy atom. The maximum Gasteiger partial charge on any atom is 0.261 e. The summed E-state index contributed by atoms with van der Waals surface area (Å²) < 4.78 is 7.81. The zero-order valence-corrected chi connectivity index (χ0v) is 15.7. The van der Waals surface area contributed by atoms with Crippen molar-refractivity contribution in [1.29, 1.82) is 0 Å². The highest BCUT2D eigenvalue weighted by molar-refractivity contribution is 7.14. The van der Waals surface area contributed by atoms with E-state index in [2.05, 4.69) is 20.9 Å². The smallest absolute Gasteiger partial charge is 0.261 e. The third-order valence-corrected chi connectivity index (χ3v) is 6.02. The summed E-state index contributed by atoms with van der Waals surface area (Å²) in [6.45, 7) is 1.47. The Morgan fingerprint density at radius 2 is 2.23 bits per heavy atom. The molecule has 3 aromatic rings. The monoisotopic (exact) mass is 369 g/mol. The second-order valence-corrected chi connectivity index (χ2v) is 7.75. The summed E-state index contributed by atoms with van der Waals surface area (Å²) in [5, 5.41) is 3.02. The molecule has 1 atom stereocenters. The van der Waals surface area contributed by atoms with Crippen molar-refractivity contribution in [2.75, 3.05) is 13.2 Å². The Bertz CT molecular complexity index is 909. The zero-order valence-electron chi connectivity index (χ0n) is 14.9. The maximum absolute atomic E-state index is 12.3. The molecule has 3 heterocycles. The van der Waals surface area contributed by atoms with Crippen LogP contribution in [0.2, 0.25) is 0 Å². The number of para-hydroxylation sites is 2. The highest BCUT2D eigenvalue weighted by Gasteiger charge is 2.20. The number of ether oxygens (including phenoxy) is 1. The number of thiophene rings is 1. The summed E-state index contributed by atoms with van der Waals surface area (Å²) in [6, 6.07) is 12.1. The maximum atomic E-state index is 12.3. The fourth-order valence-electron chi connectivity index (χ4n) is 3.40. The van der Waals surface area contributed by atoms with E-state index in [-0.39, 0.29) is 12.0 Å². The molecule has 0 bridgehead atoms. The van der Waals surface area contributed by atoms with Crippen LogP contribution in [-0.2, 0) is 18.2 Å². The first-order valence-corrected chi connectivity index (χ1v) is 9.94. The first-order chi connectivity index (χ1) is 12.7. The van der Waals surface area contributed by atoms with E-state index in [1.165, 1.54) is 0 Å². The molecule has 5 nitrogen and oxygen atoms in total. The highest BCUT2D eigenvalue weighted by Crippen LogP contribution is 2.33. The van der Waals surface area contributed by atoms with Gasteiger partial charge in [-0.05, 0) is 43.5 Å². The minimum absolute atomic E-state index is 0.00393. The van der Waals surface area contributed by atoms with Crippen LogP contribution in [0, 0.1) is 0 Å². The van der Waals surface area contributed by atoms with E-state index in [0.717, 1.165) is 58.9 Å². The summed E-state index contributed by atoms with van der Waals surface area (Å²) in [6.07, 6.45) is 4.05. The van der Waals surface area contributed by atoms with Crippen LogP contribution in [0.25, 0.3) is 11.0 Å². The Morgan fingerprint density at radius 1 is 1.35 bits per heavy atom. The van der Waals surface area contributed by atoms with Gasteiger partial charge in [-0.25, -0.2) is 4.98 Å². The van der Waals surface area contributed by atoms with E-state index < -0.39 is 0 Å². The van der Waals surface area contributed by atoms with Gasteiger partial charge in [0.25, 0.3) is 5.91 Å². The second-order valence-electron chi connectivity index (χ2n) is 6.64. The van der Waals surface area contributed by atoms with E-state index in [9.17, 15) is 4.79 Å². The molecule has 1 fully saturated rings. The van der Waals surface area contributed by atoms with E-state index in [1.807, 2.05) is 37.4 Å². The van der Waals surface area contributed by atoms with Gasteiger partial charge in [-0.1, -0.05) is 12.1 Å². The number of fused-ring (bicyclic) bond motifs is 1. The minimum atomic E-state index is 0.00393. The summed E-state index contributed by atoms with van der Waals surface area (Å²) in [5.74, 6) is 1.06. The number of hydrogen-bond donors (Lipinski definition) is 1. The zero-order chi connectivity index (χ0) is 17.9. The van der Waals surface area contributed by atoms with Gasteiger partial charge in [-0.2, -0.15) is 0 Å². The van der Waals surface area contributed by atoms with Crippen LogP contribution in [0.5, 0.6) is 0 Å². The Balaban J connectivity index is 1.29. The van der Waals surface area contributed by atoms with E-state index in [0.29, 0.717) is 6.54 Å². The minimum Gasteiger partial charge on any atom is -0.373 e. The van der Waals surface area contributed by atoms with Gasteiger partial charge in [-0.3, -0.25) is 4.79 Å². The Hall–Kier alpha value is -2.18. The number of nitrogens with zero attached hydrogens (tertiary/aromatic N) is 2. The largest absolute Gasteiger partial charge is 0.373 e. The SMILES string of the molecule is Cn1c(CCCNC(=O)c2ccc(C3CCCO3)s2)nc2ccccc21. The molecule has 1 saturated heterocycles. The van der Waals surface area contributed by atoms with Gasteiger partial charge >= 0.3 is 0 Å². The number of aromatic nitrogens is 2. The van der Waals surface area contributed by atoms with Crippen molar-refractivity contribution >= 4 is 28.3 Å². The number of benzene rings is 1. The van der Waals surface area contributed by atoms with Crippen LogP contribution < -0.4 is 5.32 Å². The molecule has 1 aliphatic heterocycles. The molecule has 1 amide bonds. The topological polar surface area (TPSA) is 56.2 Å². The number of imidazole rings is 1. The lowest BCUT2D eigenvalue weighted by molar-refractivity contribution is 0.0957. The predicted molar refractivity (Wildman–Crippen MR) is 104 cm³/mol. The van der Waals surface area contributed by atoms with Gasteiger partial charge < -0.3 is 14.6 Å². The molecule has 1 unspecified atom stereocenters.